The minimum absolute atomic E-state index is 0.174. The molecule has 0 amide bonds. The Morgan fingerprint density at radius 2 is 2.21 bits per heavy atom. The van der Waals surface area contributed by atoms with Crippen molar-refractivity contribution in [2.45, 2.75) is 19.4 Å². The molecule has 1 fully saturated rings. The van der Waals surface area contributed by atoms with Gasteiger partial charge < -0.3 is 10.1 Å². The van der Waals surface area contributed by atoms with Crippen molar-refractivity contribution in [1.29, 1.82) is 5.26 Å². The predicted octanol–water partition coefficient (Wildman–Crippen LogP) is 1.95. The normalized spacial score (nSPS) is 17.7. The minimum Gasteiger partial charge on any atom is -0.494 e. The molecule has 102 valence electrons. The molecule has 1 saturated heterocycles. The highest BCUT2D eigenvalue weighted by atomic mass is 16.5. The van der Waals surface area contributed by atoms with Crippen molar-refractivity contribution in [3.63, 3.8) is 0 Å². The van der Waals surface area contributed by atoms with Crippen molar-refractivity contribution in [2.24, 2.45) is 0 Å². The first-order chi connectivity index (χ1) is 9.35. The summed E-state index contributed by atoms with van der Waals surface area (Å²) in [6.07, 6.45) is 0.523. The van der Waals surface area contributed by atoms with E-state index in [4.69, 9.17) is 10.00 Å². The van der Waals surface area contributed by atoms with E-state index in [-0.39, 0.29) is 6.04 Å². The van der Waals surface area contributed by atoms with Crippen molar-refractivity contribution in [1.82, 2.24) is 10.2 Å². The molecule has 4 heteroatoms. The van der Waals surface area contributed by atoms with E-state index < -0.39 is 0 Å². The topological polar surface area (TPSA) is 48.3 Å². The van der Waals surface area contributed by atoms with E-state index >= 15 is 0 Å². The molecule has 0 radical (unpaired) electrons. The van der Waals surface area contributed by atoms with Gasteiger partial charge in [0.25, 0.3) is 0 Å². The van der Waals surface area contributed by atoms with Crippen LogP contribution in [0.4, 0.5) is 0 Å². The highest BCUT2D eigenvalue weighted by Gasteiger charge is 2.22. The first-order valence-electron chi connectivity index (χ1n) is 6.89. The molecular formula is C15H21N3O. The second-order valence-corrected chi connectivity index (χ2v) is 4.67. The van der Waals surface area contributed by atoms with Crippen LogP contribution in [0.1, 0.15) is 24.9 Å². The van der Waals surface area contributed by atoms with Crippen molar-refractivity contribution >= 4 is 0 Å². The summed E-state index contributed by atoms with van der Waals surface area (Å²) in [4.78, 5) is 2.38. The van der Waals surface area contributed by atoms with Crippen LogP contribution in [0.3, 0.4) is 0 Å². The molecule has 1 aromatic carbocycles. The smallest absolute Gasteiger partial charge is 0.119 e. The van der Waals surface area contributed by atoms with Crippen LogP contribution in [0.25, 0.3) is 0 Å². The van der Waals surface area contributed by atoms with E-state index in [2.05, 4.69) is 28.4 Å². The standard InChI is InChI=1S/C15H21N3O/c1-2-19-14-5-3-4-13(12-14)15(6-7-16)18-10-8-17-9-11-18/h3-5,12,15,17H,2,6,8-11H2,1H3/t15-/m0/s1. The van der Waals surface area contributed by atoms with Crippen LogP contribution in [0, 0.1) is 11.3 Å². The van der Waals surface area contributed by atoms with E-state index in [0.717, 1.165) is 31.9 Å². The molecule has 1 heterocycles. The third kappa shape index (κ3) is 3.69. The van der Waals surface area contributed by atoms with E-state index in [9.17, 15) is 0 Å². The summed E-state index contributed by atoms with van der Waals surface area (Å²) < 4.78 is 5.55. The Bertz CT molecular complexity index is 435. The van der Waals surface area contributed by atoms with Gasteiger partial charge in [-0.05, 0) is 24.6 Å². The van der Waals surface area contributed by atoms with Crippen molar-refractivity contribution < 1.29 is 4.74 Å². The third-order valence-electron chi connectivity index (χ3n) is 3.43. The Kier molecular flexibility index (Phi) is 5.20. The molecule has 19 heavy (non-hydrogen) atoms. The van der Waals surface area contributed by atoms with E-state index in [1.165, 1.54) is 5.56 Å². The highest BCUT2D eigenvalue weighted by Crippen LogP contribution is 2.27. The van der Waals surface area contributed by atoms with E-state index in [1.807, 2.05) is 19.1 Å². The number of benzene rings is 1. The van der Waals surface area contributed by atoms with Gasteiger partial charge in [-0.25, -0.2) is 0 Å². The van der Waals surface area contributed by atoms with Crippen LogP contribution >= 0.6 is 0 Å². The number of nitrogens with zero attached hydrogens (tertiary/aromatic N) is 2. The number of hydrogen-bond donors (Lipinski definition) is 1. The lowest BCUT2D eigenvalue weighted by atomic mass is 10.0. The van der Waals surface area contributed by atoms with Gasteiger partial charge in [0.05, 0.1) is 19.1 Å². The van der Waals surface area contributed by atoms with Gasteiger partial charge in [-0.3, -0.25) is 4.90 Å². The van der Waals surface area contributed by atoms with Crippen molar-refractivity contribution in [2.75, 3.05) is 32.8 Å². The monoisotopic (exact) mass is 259 g/mol. The van der Waals surface area contributed by atoms with Crippen molar-refractivity contribution in [3.8, 4) is 11.8 Å². The highest BCUT2D eigenvalue weighted by molar-refractivity contribution is 5.31. The summed E-state index contributed by atoms with van der Waals surface area (Å²) in [5, 5.41) is 12.4. The SMILES string of the molecule is CCOc1cccc([C@H](CC#N)N2CCNCC2)c1. The Balaban J connectivity index is 2.17. The average molecular weight is 259 g/mol. The summed E-state index contributed by atoms with van der Waals surface area (Å²) in [6.45, 7) is 6.62. The fraction of sp³-hybridized carbons (Fsp3) is 0.533. The maximum Gasteiger partial charge on any atom is 0.119 e. The molecule has 0 aromatic heterocycles. The molecule has 0 aliphatic carbocycles. The maximum absolute atomic E-state index is 9.08. The van der Waals surface area contributed by atoms with E-state index in [1.54, 1.807) is 0 Å². The van der Waals surface area contributed by atoms with Gasteiger partial charge in [-0.1, -0.05) is 12.1 Å². The number of ether oxygens (including phenoxy) is 1. The molecule has 1 atom stereocenters. The van der Waals surface area contributed by atoms with Gasteiger partial charge in [-0.2, -0.15) is 5.26 Å². The lowest BCUT2D eigenvalue weighted by molar-refractivity contribution is 0.175. The molecule has 1 N–H and O–H groups in total. The van der Waals surface area contributed by atoms with Gasteiger partial charge in [0.2, 0.25) is 0 Å². The van der Waals surface area contributed by atoms with Crippen molar-refractivity contribution in [3.05, 3.63) is 29.8 Å². The maximum atomic E-state index is 9.08. The molecule has 4 nitrogen and oxygen atoms in total. The number of piperazine rings is 1. The van der Waals surface area contributed by atoms with Crippen LogP contribution in [-0.4, -0.2) is 37.7 Å². The zero-order chi connectivity index (χ0) is 13.5. The fourth-order valence-corrected chi connectivity index (χ4v) is 2.52. The first-order valence-corrected chi connectivity index (χ1v) is 6.89. The zero-order valence-corrected chi connectivity index (χ0v) is 11.4. The number of hydrogen-bond acceptors (Lipinski definition) is 4. The van der Waals surface area contributed by atoms with Crippen LogP contribution in [0.2, 0.25) is 0 Å². The van der Waals surface area contributed by atoms with Gasteiger partial charge in [0.1, 0.15) is 5.75 Å². The van der Waals surface area contributed by atoms with Gasteiger partial charge in [0, 0.05) is 32.2 Å². The number of nitrogens with one attached hydrogen (secondary N) is 1. The second-order valence-electron chi connectivity index (χ2n) is 4.67. The molecule has 1 aromatic rings. The molecule has 2 rings (SSSR count). The second kappa shape index (κ2) is 7.13. The summed E-state index contributed by atoms with van der Waals surface area (Å²) in [5.74, 6) is 0.887. The fourth-order valence-electron chi connectivity index (χ4n) is 2.52. The summed E-state index contributed by atoms with van der Waals surface area (Å²) in [6, 6.07) is 10.6. The average Bonchev–Trinajstić information content (AvgIpc) is 2.46. The van der Waals surface area contributed by atoms with Crippen LogP contribution in [0.5, 0.6) is 5.75 Å². The molecule has 1 aliphatic rings. The number of nitriles is 1. The van der Waals surface area contributed by atoms with Gasteiger partial charge >= 0.3 is 0 Å². The quantitative estimate of drug-likeness (QED) is 0.878. The lowest BCUT2D eigenvalue weighted by Crippen LogP contribution is -2.45. The summed E-state index contributed by atoms with van der Waals surface area (Å²) in [5.41, 5.74) is 1.18. The Morgan fingerprint density at radius 1 is 1.42 bits per heavy atom. The Hall–Kier alpha value is -1.57. The van der Waals surface area contributed by atoms with E-state index in [0.29, 0.717) is 13.0 Å². The molecule has 0 bridgehead atoms. The van der Waals surface area contributed by atoms with Gasteiger partial charge in [-0.15, -0.1) is 0 Å². The predicted molar refractivity (Wildman–Crippen MR) is 75.0 cm³/mol. The lowest BCUT2D eigenvalue weighted by Gasteiger charge is -2.34. The molecular weight excluding hydrogens is 238 g/mol. The third-order valence-corrected chi connectivity index (χ3v) is 3.43. The molecule has 0 unspecified atom stereocenters. The first kappa shape index (κ1) is 13.9. The molecule has 0 spiro atoms. The minimum atomic E-state index is 0.174. The Labute approximate surface area is 115 Å². The van der Waals surface area contributed by atoms with Gasteiger partial charge in [0.15, 0.2) is 0 Å². The van der Waals surface area contributed by atoms with Crippen LogP contribution in [0.15, 0.2) is 24.3 Å². The van der Waals surface area contributed by atoms with Crippen LogP contribution in [-0.2, 0) is 0 Å². The Morgan fingerprint density at radius 3 is 2.89 bits per heavy atom. The zero-order valence-electron chi connectivity index (χ0n) is 11.4. The largest absolute Gasteiger partial charge is 0.494 e. The summed E-state index contributed by atoms with van der Waals surface area (Å²) >= 11 is 0. The molecule has 1 aliphatic heterocycles. The van der Waals surface area contributed by atoms with Crippen LogP contribution < -0.4 is 10.1 Å². The summed E-state index contributed by atoms with van der Waals surface area (Å²) in [7, 11) is 0. The molecule has 0 saturated carbocycles. The number of rotatable bonds is 5.